The number of piperazine rings is 1. The number of benzene rings is 2. The van der Waals surface area contributed by atoms with Gasteiger partial charge in [0.2, 0.25) is 11.1 Å². The summed E-state index contributed by atoms with van der Waals surface area (Å²) in [5, 5.41) is 7.03. The summed E-state index contributed by atoms with van der Waals surface area (Å²) in [6, 6.07) is 16.6. The normalized spacial score (nSPS) is 16.6. The van der Waals surface area contributed by atoms with Gasteiger partial charge in [-0.3, -0.25) is 4.79 Å². The molecule has 0 bridgehead atoms. The van der Waals surface area contributed by atoms with Crippen molar-refractivity contribution in [3.05, 3.63) is 76.7 Å². The van der Waals surface area contributed by atoms with Gasteiger partial charge in [-0.05, 0) is 50.4 Å². The molecule has 0 amide bonds. The number of nitrogens with zero attached hydrogens (tertiary/aromatic N) is 8. The van der Waals surface area contributed by atoms with Crippen molar-refractivity contribution in [3.8, 4) is 5.13 Å². The molecule has 1 N–H and O–H groups in total. The monoisotopic (exact) mass is 525 g/mol. The molecule has 0 saturated carbocycles. The van der Waals surface area contributed by atoms with Gasteiger partial charge in [0.25, 0.3) is 5.56 Å². The van der Waals surface area contributed by atoms with Crippen molar-refractivity contribution in [2.75, 3.05) is 36.9 Å². The highest BCUT2D eigenvalue weighted by molar-refractivity contribution is 7.12. The lowest BCUT2D eigenvalue weighted by Crippen LogP contribution is -2.50. The summed E-state index contributed by atoms with van der Waals surface area (Å²) in [6.45, 7) is 5.32. The number of fused-ring (bicyclic) bond motifs is 4. The molecule has 1 atom stereocenters. The molecule has 0 radical (unpaired) electrons. The number of aromatic nitrogens is 6. The predicted molar refractivity (Wildman–Crippen MR) is 153 cm³/mol. The van der Waals surface area contributed by atoms with Crippen LogP contribution >= 0.6 is 11.3 Å². The maximum atomic E-state index is 13.6. The molecule has 192 valence electrons. The van der Waals surface area contributed by atoms with Crippen molar-refractivity contribution in [3.63, 3.8) is 0 Å². The average Bonchev–Trinajstić information content (AvgIpc) is 3.57. The standard InChI is InChI=1S/C27H25N9OS.H2/c1-17-16-34(13-12-33(17)2)19-9-7-18(8-10-19)30-26-29-15-21-23(32-26)31-24-20-5-3-4-6-22(20)35(36(24)25(21)37)27-28-11-14-38-27;/h3-11,14-15,17H,12-13,16H2,1-2H3,(H,29,30,32);1H/t17-;/m1./s1. The van der Waals surface area contributed by atoms with E-state index in [9.17, 15) is 4.79 Å². The largest absolute Gasteiger partial charge is 0.369 e. The van der Waals surface area contributed by atoms with Crippen molar-refractivity contribution >= 4 is 56.2 Å². The van der Waals surface area contributed by atoms with Crippen LogP contribution in [0, 0.1) is 0 Å². The predicted octanol–water partition coefficient (Wildman–Crippen LogP) is 4.17. The molecular weight excluding hydrogens is 498 g/mol. The van der Waals surface area contributed by atoms with Crippen LogP contribution < -0.4 is 15.8 Å². The van der Waals surface area contributed by atoms with Gasteiger partial charge < -0.3 is 15.1 Å². The van der Waals surface area contributed by atoms with Crippen molar-refractivity contribution in [2.45, 2.75) is 13.0 Å². The fourth-order valence-electron chi connectivity index (χ4n) is 5.02. The van der Waals surface area contributed by atoms with Crippen molar-refractivity contribution in [1.82, 2.24) is 34.0 Å². The Bertz CT molecular complexity index is 1850. The zero-order valence-electron chi connectivity index (χ0n) is 20.9. The average molecular weight is 526 g/mol. The van der Waals surface area contributed by atoms with E-state index in [1.54, 1.807) is 15.4 Å². The van der Waals surface area contributed by atoms with Gasteiger partial charge in [-0.1, -0.05) is 12.1 Å². The molecule has 0 aliphatic carbocycles. The molecule has 2 aromatic carbocycles. The number of para-hydroxylation sites is 1. The van der Waals surface area contributed by atoms with Crippen LogP contribution in [0.15, 0.2) is 71.1 Å². The molecule has 1 aliphatic heterocycles. The van der Waals surface area contributed by atoms with E-state index in [1.165, 1.54) is 23.2 Å². The summed E-state index contributed by atoms with van der Waals surface area (Å²) in [6.07, 6.45) is 3.26. The molecule has 11 heteroatoms. The Kier molecular flexibility index (Phi) is 5.34. The van der Waals surface area contributed by atoms with E-state index in [0.29, 0.717) is 33.8 Å². The van der Waals surface area contributed by atoms with Crippen molar-refractivity contribution < 1.29 is 1.43 Å². The molecule has 7 rings (SSSR count). The minimum Gasteiger partial charge on any atom is -0.369 e. The van der Waals surface area contributed by atoms with Crippen LogP contribution in [0.3, 0.4) is 0 Å². The minimum absolute atomic E-state index is 0. The summed E-state index contributed by atoms with van der Waals surface area (Å²) >= 11 is 1.46. The Morgan fingerprint density at radius 2 is 1.87 bits per heavy atom. The van der Waals surface area contributed by atoms with Crippen LogP contribution in [0.5, 0.6) is 0 Å². The Morgan fingerprint density at radius 1 is 1.03 bits per heavy atom. The number of nitrogens with one attached hydrogen (secondary N) is 1. The number of rotatable bonds is 4. The zero-order valence-corrected chi connectivity index (χ0v) is 21.8. The lowest BCUT2D eigenvalue weighted by Gasteiger charge is -2.39. The Morgan fingerprint density at radius 3 is 2.66 bits per heavy atom. The van der Waals surface area contributed by atoms with Crippen LogP contribution in [0.2, 0.25) is 0 Å². The van der Waals surface area contributed by atoms with Crippen molar-refractivity contribution in [2.24, 2.45) is 0 Å². The highest BCUT2D eigenvalue weighted by atomic mass is 32.1. The number of hydrogen-bond donors (Lipinski definition) is 1. The molecule has 6 aromatic rings. The smallest absolute Gasteiger partial charge is 0.284 e. The highest BCUT2D eigenvalue weighted by Gasteiger charge is 2.21. The van der Waals surface area contributed by atoms with Gasteiger partial charge in [-0.2, -0.15) is 9.50 Å². The summed E-state index contributed by atoms with van der Waals surface area (Å²) in [4.78, 5) is 36.7. The fourth-order valence-corrected chi connectivity index (χ4v) is 5.66. The van der Waals surface area contributed by atoms with Crippen LogP contribution in [-0.4, -0.2) is 66.8 Å². The molecule has 0 unspecified atom stereocenters. The zero-order chi connectivity index (χ0) is 25.8. The van der Waals surface area contributed by atoms with E-state index in [1.807, 2.05) is 41.8 Å². The third-order valence-corrected chi connectivity index (χ3v) is 7.97. The summed E-state index contributed by atoms with van der Waals surface area (Å²) in [7, 11) is 2.17. The lowest BCUT2D eigenvalue weighted by molar-refractivity contribution is 0.234. The molecule has 0 spiro atoms. The van der Waals surface area contributed by atoms with E-state index in [4.69, 9.17) is 4.98 Å². The quantitative estimate of drug-likeness (QED) is 0.366. The van der Waals surface area contributed by atoms with E-state index in [0.717, 1.165) is 36.2 Å². The molecule has 1 saturated heterocycles. The summed E-state index contributed by atoms with van der Waals surface area (Å²) < 4.78 is 3.36. The van der Waals surface area contributed by atoms with Gasteiger partial charge in [-0.25, -0.2) is 19.6 Å². The van der Waals surface area contributed by atoms with Crippen LogP contribution in [0.25, 0.3) is 32.7 Å². The first-order valence-corrected chi connectivity index (χ1v) is 13.4. The Labute approximate surface area is 223 Å². The lowest BCUT2D eigenvalue weighted by atomic mass is 10.1. The second-order valence-corrected chi connectivity index (χ2v) is 10.4. The van der Waals surface area contributed by atoms with Gasteiger partial charge in [0.05, 0.1) is 5.52 Å². The summed E-state index contributed by atoms with van der Waals surface area (Å²) in [5.74, 6) is 0.387. The highest BCUT2D eigenvalue weighted by Crippen LogP contribution is 2.26. The molecule has 1 aliphatic rings. The maximum absolute atomic E-state index is 13.6. The van der Waals surface area contributed by atoms with E-state index < -0.39 is 0 Å². The number of likely N-dealkylation sites (N-methyl/N-ethyl adjacent to an activating group) is 1. The molecule has 4 aromatic heterocycles. The first-order chi connectivity index (χ1) is 18.6. The first-order valence-electron chi connectivity index (χ1n) is 12.5. The van der Waals surface area contributed by atoms with Crippen molar-refractivity contribution in [1.29, 1.82) is 0 Å². The fraction of sp³-hybridized carbons (Fsp3) is 0.222. The number of hydrogen-bond acceptors (Lipinski definition) is 9. The topological polar surface area (TPSA) is 96.5 Å². The third-order valence-electron chi connectivity index (χ3n) is 7.23. The van der Waals surface area contributed by atoms with Crippen LogP contribution in [0.4, 0.5) is 17.3 Å². The van der Waals surface area contributed by atoms with E-state index in [2.05, 4.69) is 56.2 Å². The second kappa shape index (κ2) is 8.89. The SMILES string of the molecule is C[C@@H]1CN(c2ccc(Nc3ncc4c(=O)n5c(nc4n3)c3ccccc3n5-c3nccs3)cc2)CCN1C.[HH]. The molecular formula is C27H27N9OS. The summed E-state index contributed by atoms with van der Waals surface area (Å²) in [5.41, 5.74) is 3.55. The molecule has 10 nitrogen and oxygen atoms in total. The second-order valence-electron chi connectivity index (χ2n) is 9.57. The molecule has 5 heterocycles. The van der Waals surface area contributed by atoms with E-state index in [-0.39, 0.29) is 6.99 Å². The minimum atomic E-state index is -0.242. The molecule has 1 fully saturated rings. The van der Waals surface area contributed by atoms with Gasteiger partial charge in [0, 0.05) is 61.6 Å². The number of anilines is 3. The maximum Gasteiger partial charge on any atom is 0.284 e. The third kappa shape index (κ3) is 3.70. The Balaban J connectivity index is 0.00000277. The molecule has 38 heavy (non-hydrogen) atoms. The van der Waals surface area contributed by atoms with Gasteiger partial charge in [0.15, 0.2) is 11.3 Å². The van der Waals surface area contributed by atoms with Crippen LogP contribution in [0.1, 0.15) is 8.35 Å². The van der Waals surface area contributed by atoms with Gasteiger partial charge in [-0.15, -0.1) is 11.3 Å². The first kappa shape index (κ1) is 22.8. The van der Waals surface area contributed by atoms with Gasteiger partial charge in [0.1, 0.15) is 5.39 Å². The Hall–Kier alpha value is -4.35. The van der Waals surface area contributed by atoms with E-state index >= 15 is 0 Å². The van der Waals surface area contributed by atoms with Gasteiger partial charge >= 0.3 is 0 Å². The number of thiazole rings is 1. The van der Waals surface area contributed by atoms with Crippen LogP contribution in [-0.2, 0) is 0 Å².